The lowest BCUT2D eigenvalue weighted by Crippen LogP contribution is -2.06. The minimum Gasteiger partial charge on any atom is -0.496 e. The number of hydrogen-bond acceptors (Lipinski definition) is 5. The Morgan fingerprint density at radius 2 is 1.81 bits per heavy atom. The van der Waals surface area contributed by atoms with E-state index in [2.05, 4.69) is 9.97 Å². The van der Waals surface area contributed by atoms with Crippen LogP contribution in [0.25, 0.3) is 0 Å². The van der Waals surface area contributed by atoms with Crippen LogP contribution in [0.5, 0.6) is 5.75 Å². The van der Waals surface area contributed by atoms with Gasteiger partial charge in [-0.3, -0.25) is 4.79 Å². The first-order valence-corrected chi connectivity index (χ1v) is 7.61. The van der Waals surface area contributed by atoms with Gasteiger partial charge in [0.2, 0.25) is 0 Å². The van der Waals surface area contributed by atoms with Gasteiger partial charge in [-0.05, 0) is 44.5 Å². The molecule has 0 saturated carbocycles. The number of ether oxygens (including phenoxy) is 1. The summed E-state index contributed by atoms with van der Waals surface area (Å²) in [5.74, 6) is 0.920. The zero-order valence-electron chi connectivity index (χ0n) is 12.6. The van der Waals surface area contributed by atoms with Crippen molar-refractivity contribution in [1.29, 1.82) is 0 Å². The monoisotopic (exact) mass is 302 g/mol. The van der Waals surface area contributed by atoms with Gasteiger partial charge in [0.25, 0.3) is 0 Å². The number of carbonyl (C=O) groups excluding carboxylic acids is 1. The number of hydrogen-bond donors (Lipinski definition) is 0. The van der Waals surface area contributed by atoms with Crippen LogP contribution in [0, 0.1) is 20.8 Å². The van der Waals surface area contributed by atoms with Gasteiger partial charge in [0, 0.05) is 11.4 Å². The van der Waals surface area contributed by atoms with Crippen molar-refractivity contribution in [3.8, 4) is 5.75 Å². The summed E-state index contributed by atoms with van der Waals surface area (Å²) in [6, 6.07) is 7.49. The van der Waals surface area contributed by atoms with Crippen LogP contribution in [0.15, 0.2) is 29.4 Å². The molecule has 0 N–H and O–H groups in total. The Labute approximate surface area is 129 Å². The molecule has 0 atom stereocenters. The molecule has 0 spiro atoms. The van der Waals surface area contributed by atoms with Crippen molar-refractivity contribution in [1.82, 2.24) is 9.97 Å². The Hall–Kier alpha value is -1.88. The number of Topliss-reactive ketones (excluding diaryl/α,β-unsaturated/α-hetero) is 1. The van der Waals surface area contributed by atoms with Gasteiger partial charge in [-0.2, -0.15) is 0 Å². The summed E-state index contributed by atoms with van der Waals surface area (Å²) < 4.78 is 5.28. The number of ketones is 1. The van der Waals surface area contributed by atoms with E-state index in [0.29, 0.717) is 22.2 Å². The van der Waals surface area contributed by atoms with Gasteiger partial charge >= 0.3 is 0 Å². The van der Waals surface area contributed by atoms with Gasteiger partial charge in [-0.25, -0.2) is 9.97 Å². The highest BCUT2D eigenvalue weighted by molar-refractivity contribution is 7.99. The summed E-state index contributed by atoms with van der Waals surface area (Å²) >= 11 is 1.35. The molecule has 0 aliphatic heterocycles. The predicted octanol–water partition coefficient (Wildman–Crippen LogP) is 3.39. The quantitative estimate of drug-likeness (QED) is 0.481. The largest absolute Gasteiger partial charge is 0.496 e. The molecular formula is C16H18N2O2S. The second kappa shape index (κ2) is 6.72. The lowest BCUT2D eigenvalue weighted by Gasteiger charge is -2.08. The van der Waals surface area contributed by atoms with E-state index in [1.807, 2.05) is 39.0 Å². The molecule has 0 radical (unpaired) electrons. The Balaban J connectivity index is 2.11. The molecular weight excluding hydrogens is 284 g/mol. The maximum Gasteiger partial charge on any atom is 0.188 e. The highest BCUT2D eigenvalue weighted by atomic mass is 32.2. The first-order chi connectivity index (χ1) is 9.99. The molecule has 21 heavy (non-hydrogen) atoms. The van der Waals surface area contributed by atoms with Crippen LogP contribution in [-0.2, 0) is 0 Å². The molecule has 1 aromatic heterocycles. The second-order valence-corrected chi connectivity index (χ2v) is 5.79. The van der Waals surface area contributed by atoms with Crippen molar-refractivity contribution < 1.29 is 9.53 Å². The Bertz CT molecular complexity index is 651. The molecule has 0 aliphatic rings. The van der Waals surface area contributed by atoms with E-state index in [4.69, 9.17) is 4.74 Å². The molecule has 2 aromatic rings. The molecule has 0 unspecified atom stereocenters. The van der Waals surface area contributed by atoms with E-state index in [1.54, 1.807) is 13.2 Å². The van der Waals surface area contributed by atoms with Crippen LogP contribution >= 0.6 is 11.8 Å². The molecule has 110 valence electrons. The van der Waals surface area contributed by atoms with E-state index in [9.17, 15) is 4.79 Å². The zero-order chi connectivity index (χ0) is 15.4. The number of aromatic nitrogens is 2. The minimum atomic E-state index is 0.0135. The third kappa shape index (κ3) is 4.04. The molecule has 5 heteroatoms. The smallest absolute Gasteiger partial charge is 0.188 e. The molecule has 0 aliphatic carbocycles. The minimum absolute atomic E-state index is 0.0135. The van der Waals surface area contributed by atoms with Crippen LogP contribution in [0.1, 0.15) is 27.3 Å². The van der Waals surface area contributed by atoms with Gasteiger partial charge < -0.3 is 4.74 Å². The van der Waals surface area contributed by atoms with Crippen LogP contribution < -0.4 is 4.74 Å². The summed E-state index contributed by atoms with van der Waals surface area (Å²) in [7, 11) is 1.58. The molecule has 4 nitrogen and oxygen atoms in total. The molecule has 1 aromatic carbocycles. The van der Waals surface area contributed by atoms with Crippen molar-refractivity contribution in [2.24, 2.45) is 0 Å². The normalized spacial score (nSPS) is 10.5. The second-order valence-electron chi connectivity index (χ2n) is 4.85. The van der Waals surface area contributed by atoms with Gasteiger partial charge in [-0.1, -0.05) is 17.8 Å². The van der Waals surface area contributed by atoms with Gasteiger partial charge in [0.05, 0.1) is 18.4 Å². The highest BCUT2D eigenvalue weighted by Gasteiger charge is 2.13. The van der Waals surface area contributed by atoms with Gasteiger partial charge in [0.1, 0.15) is 5.75 Å². The van der Waals surface area contributed by atoms with E-state index >= 15 is 0 Å². The number of methoxy groups -OCH3 is 1. The number of aryl methyl sites for hydroxylation is 3. The van der Waals surface area contributed by atoms with Crippen molar-refractivity contribution in [2.75, 3.05) is 12.9 Å². The highest BCUT2D eigenvalue weighted by Crippen LogP contribution is 2.23. The van der Waals surface area contributed by atoms with Crippen LogP contribution in [0.3, 0.4) is 0 Å². The predicted molar refractivity (Wildman–Crippen MR) is 84.3 cm³/mol. The molecule has 2 rings (SSSR count). The van der Waals surface area contributed by atoms with E-state index in [-0.39, 0.29) is 5.78 Å². The first kappa shape index (κ1) is 15.5. The average molecular weight is 302 g/mol. The maximum absolute atomic E-state index is 12.3. The fraction of sp³-hybridized carbons (Fsp3) is 0.312. The summed E-state index contributed by atoms with van der Waals surface area (Å²) in [6.07, 6.45) is 0. The Kier molecular flexibility index (Phi) is 4.96. The SMILES string of the molecule is COc1cc(C)ccc1C(=O)CSc1nc(C)cc(C)n1. The summed E-state index contributed by atoms with van der Waals surface area (Å²) in [5, 5.41) is 0.631. The Morgan fingerprint density at radius 3 is 2.43 bits per heavy atom. The van der Waals surface area contributed by atoms with Crippen molar-refractivity contribution in [3.05, 3.63) is 46.8 Å². The lowest BCUT2D eigenvalue weighted by atomic mass is 10.1. The summed E-state index contributed by atoms with van der Waals surface area (Å²) in [5.41, 5.74) is 3.48. The number of rotatable bonds is 5. The van der Waals surface area contributed by atoms with E-state index in [1.165, 1.54) is 11.8 Å². The molecule has 0 bridgehead atoms. The topological polar surface area (TPSA) is 52.1 Å². The van der Waals surface area contributed by atoms with Gasteiger partial charge in [0.15, 0.2) is 10.9 Å². The molecule has 0 fully saturated rings. The third-order valence-electron chi connectivity index (χ3n) is 2.95. The fourth-order valence-corrected chi connectivity index (χ4v) is 2.83. The average Bonchev–Trinajstić information content (AvgIpc) is 2.43. The molecule has 0 amide bonds. The standard InChI is InChI=1S/C16H18N2O2S/c1-10-5-6-13(15(7-10)20-4)14(19)9-21-16-17-11(2)8-12(3)18-16/h5-8H,9H2,1-4H3. The van der Waals surface area contributed by atoms with Crippen molar-refractivity contribution >= 4 is 17.5 Å². The third-order valence-corrected chi connectivity index (χ3v) is 3.80. The van der Waals surface area contributed by atoms with E-state index in [0.717, 1.165) is 17.0 Å². The van der Waals surface area contributed by atoms with Crippen molar-refractivity contribution in [3.63, 3.8) is 0 Å². The Morgan fingerprint density at radius 1 is 1.14 bits per heavy atom. The van der Waals surface area contributed by atoms with Crippen LogP contribution in [-0.4, -0.2) is 28.6 Å². The first-order valence-electron chi connectivity index (χ1n) is 6.62. The van der Waals surface area contributed by atoms with Crippen LogP contribution in [0.4, 0.5) is 0 Å². The number of nitrogens with zero attached hydrogens (tertiary/aromatic N) is 2. The van der Waals surface area contributed by atoms with Gasteiger partial charge in [-0.15, -0.1) is 0 Å². The number of carbonyl (C=O) groups is 1. The molecule has 1 heterocycles. The fourth-order valence-electron chi connectivity index (χ4n) is 1.99. The number of benzene rings is 1. The maximum atomic E-state index is 12.3. The summed E-state index contributed by atoms with van der Waals surface area (Å²) in [4.78, 5) is 21.0. The summed E-state index contributed by atoms with van der Waals surface area (Å²) in [6.45, 7) is 5.81. The van der Waals surface area contributed by atoms with E-state index < -0.39 is 0 Å². The molecule has 0 saturated heterocycles. The van der Waals surface area contributed by atoms with Crippen LogP contribution in [0.2, 0.25) is 0 Å². The van der Waals surface area contributed by atoms with Crippen molar-refractivity contribution in [2.45, 2.75) is 25.9 Å². The zero-order valence-corrected chi connectivity index (χ0v) is 13.5. The lowest BCUT2D eigenvalue weighted by molar-refractivity contribution is 0.101. The number of thioether (sulfide) groups is 1.